The van der Waals surface area contributed by atoms with Crippen LogP contribution in [0.4, 0.5) is 4.39 Å². The maximum Gasteiger partial charge on any atom is 0.163 e. The van der Waals surface area contributed by atoms with Crippen LogP contribution in [0.3, 0.4) is 0 Å². The van der Waals surface area contributed by atoms with Gasteiger partial charge in [-0.2, -0.15) is 0 Å². The molecule has 3 aromatic rings. The fourth-order valence-electron chi connectivity index (χ4n) is 5.38. The number of aliphatic hydroxyl groups excluding tert-OH is 1. The highest BCUT2D eigenvalue weighted by Gasteiger charge is 2.48. The molecule has 0 saturated heterocycles. The second kappa shape index (κ2) is 11.4. The molecule has 5 rings (SSSR count). The van der Waals surface area contributed by atoms with E-state index in [-0.39, 0.29) is 31.0 Å². The van der Waals surface area contributed by atoms with Gasteiger partial charge in [0.2, 0.25) is 0 Å². The Kier molecular flexibility index (Phi) is 8.05. The number of carbonyl (C=O) groups excluding carboxylic acids is 1. The van der Waals surface area contributed by atoms with Crippen LogP contribution in [-0.2, 0) is 11.1 Å². The Labute approximate surface area is 239 Å². The first kappa shape index (κ1) is 29.0. The molecule has 1 saturated carbocycles. The van der Waals surface area contributed by atoms with E-state index in [1.165, 1.54) is 19.2 Å². The number of hydrogen-bond donors (Lipinski definition) is 3. The van der Waals surface area contributed by atoms with Gasteiger partial charge in [-0.1, -0.05) is 0 Å². The van der Waals surface area contributed by atoms with Gasteiger partial charge in [-0.05, 0) is 87.6 Å². The van der Waals surface area contributed by atoms with Crippen molar-refractivity contribution in [2.24, 2.45) is 11.7 Å². The van der Waals surface area contributed by atoms with E-state index < -0.39 is 17.2 Å². The fraction of sp³-hybridized carbons (Fsp3) is 0.438. The molecule has 8 nitrogen and oxygen atoms in total. The normalized spacial score (nSPS) is 20.4. The van der Waals surface area contributed by atoms with Gasteiger partial charge in [-0.3, -0.25) is 4.79 Å². The van der Waals surface area contributed by atoms with Gasteiger partial charge < -0.3 is 30.2 Å². The van der Waals surface area contributed by atoms with Crippen molar-refractivity contribution in [1.82, 2.24) is 4.98 Å². The first-order chi connectivity index (χ1) is 19.5. The van der Waals surface area contributed by atoms with Crippen molar-refractivity contribution in [3.8, 4) is 28.5 Å². The molecule has 4 N–H and O–H groups in total. The van der Waals surface area contributed by atoms with Crippen LogP contribution in [0, 0.1) is 11.7 Å². The summed E-state index contributed by atoms with van der Waals surface area (Å²) in [5.74, 6) is 1.13. The van der Waals surface area contributed by atoms with E-state index >= 15 is 0 Å². The third-order valence-electron chi connectivity index (χ3n) is 8.02. The molecule has 3 unspecified atom stereocenters. The molecule has 1 aliphatic carbocycles. The summed E-state index contributed by atoms with van der Waals surface area (Å²) in [5, 5.41) is 21.2. The SMILES string of the molecule is COc1cc(C(=O)CCC(C)(O)c2cc3c(c(-c4ccc(F)cc4)n2)OCCC3(N)C2CC2)ccc1OCC(C)O. The van der Waals surface area contributed by atoms with Crippen LogP contribution in [0.25, 0.3) is 11.3 Å². The number of aromatic nitrogens is 1. The smallest absolute Gasteiger partial charge is 0.163 e. The van der Waals surface area contributed by atoms with Gasteiger partial charge in [0, 0.05) is 29.5 Å². The lowest BCUT2D eigenvalue weighted by molar-refractivity contribution is 0.0393. The minimum atomic E-state index is -1.47. The predicted octanol–water partition coefficient (Wildman–Crippen LogP) is 4.87. The number of nitrogens with zero attached hydrogens (tertiary/aromatic N) is 1. The summed E-state index contributed by atoms with van der Waals surface area (Å²) in [6.07, 6.45) is 2.19. The van der Waals surface area contributed by atoms with Crippen LogP contribution >= 0.6 is 0 Å². The molecule has 41 heavy (non-hydrogen) atoms. The number of hydrogen-bond acceptors (Lipinski definition) is 8. The molecular formula is C32H37FN2O6. The molecular weight excluding hydrogens is 527 g/mol. The molecule has 2 aromatic carbocycles. The summed E-state index contributed by atoms with van der Waals surface area (Å²) < 4.78 is 30.8. The number of ketones is 1. The zero-order valence-corrected chi connectivity index (χ0v) is 23.7. The molecule has 218 valence electrons. The second-order valence-electron chi connectivity index (χ2n) is 11.4. The van der Waals surface area contributed by atoms with Gasteiger partial charge in [0.15, 0.2) is 23.0 Å². The zero-order chi connectivity index (χ0) is 29.4. The van der Waals surface area contributed by atoms with Crippen molar-refractivity contribution < 1.29 is 33.6 Å². The summed E-state index contributed by atoms with van der Waals surface area (Å²) in [4.78, 5) is 18.0. The Morgan fingerprint density at radius 3 is 2.61 bits per heavy atom. The van der Waals surface area contributed by atoms with E-state index in [2.05, 4.69) is 0 Å². The van der Waals surface area contributed by atoms with Crippen molar-refractivity contribution in [3.63, 3.8) is 0 Å². The average Bonchev–Trinajstić information content (AvgIpc) is 3.81. The first-order valence-corrected chi connectivity index (χ1v) is 14.0. The highest BCUT2D eigenvalue weighted by molar-refractivity contribution is 5.96. The monoisotopic (exact) mass is 564 g/mol. The number of pyridine rings is 1. The standard InChI is InChI=1S/C32H37FN2O6/c1-19(36)18-41-26-11-6-21(16-27(26)39-3)25(37)12-13-31(2,38)28-17-24-30(40-15-14-32(24,34)22-7-8-22)29(35-28)20-4-9-23(33)10-5-20/h4-6,9-11,16-17,19,22,36,38H,7-8,12-15,18,34H2,1-3H3. The van der Waals surface area contributed by atoms with Crippen LogP contribution in [-0.4, -0.2) is 47.4 Å². The number of benzene rings is 2. The molecule has 0 spiro atoms. The number of fused-ring (bicyclic) bond motifs is 1. The lowest BCUT2D eigenvalue weighted by atomic mass is 9.79. The Hall–Kier alpha value is -3.53. The van der Waals surface area contributed by atoms with E-state index in [1.54, 1.807) is 44.2 Å². The number of Topliss-reactive ketones (excluding diaryl/α,β-unsaturated/α-hetero) is 1. The van der Waals surface area contributed by atoms with Gasteiger partial charge in [0.25, 0.3) is 0 Å². The molecule has 9 heteroatoms. The number of aliphatic hydroxyl groups is 2. The summed E-state index contributed by atoms with van der Waals surface area (Å²) in [6, 6.07) is 12.7. The van der Waals surface area contributed by atoms with E-state index in [9.17, 15) is 19.4 Å². The van der Waals surface area contributed by atoms with Crippen molar-refractivity contribution >= 4 is 5.78 Å². The van der Waals surface area contributed by atoms with Crippen molar-refractivity contribution in [1.29, 1.82) is 0 Å². The molecule has 0 amide bonds. The maximum absolute atomic E-state index is 13.7. The minimum absolute atomic E-state index is 0.0432. The van der Waals surface area contributed by atoms with Crippen LogP contribution < -0.4 is 19.9 Å². The molecule has 2 aliphatic rings. The summed E-state index contributed by atoms with van der Waals surface area (Å²) >= 11 is 0. The Balaban J connectivity index is 1.43. The number of rotatable bonds is 11. The highest BCUT2D eigenvalue weighted by atomic mass is 19.1. The van der Waals surface area contributed by atoms with Crippen LogP contribution in [0.2, 0.25) is 0 Å². The van der Waals surface area contributed by atoms with E-state index in [0.29, 0.717) is 58.7 Å². The summed E-state index contributed by atoms with van der Waals surface area (Å²) in [6.45, 7) is 3.79. The molecule has 1 fully saturated rings. The molecule has 0 bridgehead atoms. The van der Waals surface area contributed by atoms with Crippen molar-refractivity contribution in [2.45, 2.75) is 63.2 Å². The van der Waals surface area contributed by atoms with Crippen LogP contribution in [0.15, 0.2) is 48.5 Å². The van der Waals surface area contributed by atoms with E-state index in [4.69, 9.17) is 24.9 Å². The van der Waals surface area contributed by atoms with Crippen molar-refractivity contribution in [3.05, 3.63) is 71.2 Å². The van der Waals surface area contributed by atoms with E-state index in [0.717, 1.165) is 18.4 Å². The van der Waals surface area contributed by atoms with Gasteiger partial charge >= 0.3 is 0 Å². The number of methoxy groups -OCH3 is 1. The lowest BCUT2D eigenvalue weighted by Crippen LogP contribution is -2.44. The third kappa shape index (κ3) is 6.07. The topological polar surface area (TPSA) is 124 Å². The second-order valence-corrected chi connectivity index (χ2v) is 11.4. The summed E-state index contributed by atoms with van der Waals surface area (Å²) in [7, 11) is 1.48. The lowest BCUT2D eigenvalue weighted by Gasteiger charge is -2.38. The number of nitrogens with two attached hydrogens (primary N) is 1. The first-order valence-electron chi connectivity index (χ1n) is 14.0. The number of ether oxygens (including phenoxy) is 3. The van der Waals surface area contributed by atoms with Gasteiger partial charge in [0.1, 0.15) is 23.7 Å². The highest BCUT2D eigenvalue weighted by Crippen LogP contribution is 2.52. The quantitative estimate of drug-likeness (QED) is 0.282. The maximum atomic E-state index is 13.7. The van der Waals surface area contributed by atoms with E-state index in [1.807, 2.05) is 6.07 Å². The van der Waals surface area contributed by atoms with Gasteiger partial charge in [-0.15, -0.1) is 0 Å². The molecule has 1 aromatic heterocycles. The fourth-order valence-corrected chi connectivity index (χ4v) is 5.38. The number of carbonyl (C=O) groups is 1. The van der Waals surface area contributed by atoms with Crippen molar-refractivity contribution in [2.75, 3.05) is 20.3 Å². The zero-order valence-electron chi connectivity index (χ0n) is 23.7. The Morgan fingerprint density at radius 1 is 1.22 bits per heavy atom. The largest absolute Gasteiger partial charge is 0.493 e. The van der Waals surface area contributed by atoms with Crippen LogP contribution in [0.5, 0.6) is 17.2 Å². The molecule has 3 atom stereocenters. The van der Waals surface area contributed by atoms with Crippen LogP contribution in [0.1, 0.15) is 67.6 Å². The molecule has 2 heterocycles. The molecule has 1 aliphatic heterocycles. The Morgan fingerprint density at radius 2 is 1.95 bits per heavy atom. The third-order valence-corrected chi connectivity index (χ3v) is 8.02. The van der Waals surface area contributed by atoms with Gasteiger partial charge in [-0.25, -0.2) is 9.37 Å². The minimum Gasteiger partial charge on any atom is -0.493 e. The average molecular weight is 565 g/mol. The summed E-state index contributed by atoms with van der Waals surface area (Å²) in [5.41, 5.74) is 7.65. The Bertz CT molecular complexity index is 1420. The predicted molar refractivity (Wildman–Crippen MR) is 152 cm³/mol. The van der Waals surface area contributed by atoms with Gasteiger partial charge in [0.05, 0.1) is 31.1 Å². The molecule has 0 radical (unpaired) electrons. The number of halogens is 1.